The minimum atomic E-state index is 0.621. The molecular weight excluding hydrogens is 286 g/mol. The highest BCUT2D eigenvalue weighted by atomic mass is 16.5. The molecule has 0 unspecified atom stereocenters. The number of nitrogens with zero attached hydrogens (tertiary/aromatic N) is 1. The quantitative estimate of drug-likeness (QED) is 0.665. The molecule has 1 heterocycles. The van der Waals surface area contributed by atoms with Gasteiger partial charge in [0.15, 0.2) is 11.5 Å². The topological polar surface area (TPSA) is 31.4 Å². The molecule has 3 nitrogen and oxygen atoms in total. The van der Waals surface area contributed by atoms with Crippen molar-refractivity contribution in [2.45, 2.75) is 20.3 Å². The lowest BCUT2D eigenvalue weighted by Gasteiger charge is -2.13. The summed E-state index contributed by atoms with van der Waals surface area (Å²) in [7, 11) is 0. The van der Waals surface area contributed by atoms with Crippen molar-refractivity contribution < 1.29 is 9.47 Å². The Labute approximate surface area is 136 Å². The summed E-state index contributed by atoms with van der Waals surface area (Å²) in [6, 6.07) is 16.5. The van der Waals surface area contributed by atoms with Gasteiger partial charge in [0, 0.05) is 18.0 Å². The molecule has 118 valence electrons. The number of benzene rings is 2. The van der Waals surface area contributed by atoms with Gasteiger partial charge in [0.25, 0.3) is 0 Å². The van der Waals surface area contributed by atoms with Crippen LogP contribution in [0.2, 0.25) is 0 Å². The van der Waals surface area contributed by atoms with Crippen LogP contribution >= 0.6 is 0 Å². The molecule has 3 aromatic rings. The summed E-state index contributed by atoms with van der Waals surface area (Å²) in [4.78, 5) is 4.56. The van der Waals surface area contributed by atoms with Crippen molar-refractivity contribution in [3.8, 4) is 11.5 Å². The van der Waals surface area contributed by atoms with Crippen molar-refractivity contribution in [1.29, 1.82) is 0 Å². The lowest BCUT2D eigenvalue weighted by atomic mass is 10.0. The van der Waals surface area contributed by atoms with Gasteiger partial charge in [-0.1, -0.05) is 30.3 Å². The van der Waals surface area contributed by atoms with Crippen molar-refractivity contribution in [2.75, 3.05) is 13.2 Å². The number of pyridine rings is 1. The molecule has 0 radical (unpaired) electrons. The number of fused-ring (bicyclic) bond motifs is 1. The Kier molecular flexibility index (Phi) is 4.77. The zero-order valence-electron chi connectivity index (χ0n) is 13.6. The fraction of sp³-hybridized carbons (Fsp3) is 0.250. The Hall–Kier alpha value is -2.55. The van der Waals surface area contributed by atoms with Gasteiger partial charge in [0.2, 0.25) is 0 Å². The van der Waals surface area contributed by atoms with Crippen LogP contribution < -0.4 is 9.47 Å². The molecule has 0 N–H and O–H groups in total. The molecule has 3 heteroatoms. The van der Waals surface area contributed by atoms with Gasteiger partial charge in [-0.25, -0.2) is 0 Å². The van der Waals surface area contributed by atoms with E-state index in [4.69, 9.17) is 9.47 Å². The Morgan fingerprint density at radius 2 is 1.65 bits per heavy atom. The van der Waals surface area contributed by atoms with Crippen LogP contribution in [-0.2, 0) is 6.42 Å². The lowest BCUT2D eigenvalue weighted by Crippen LogP contribution is -2.00. The molecule has 0 saturated carbocycles. The van der Waals surface area contributed by atoms with E-state index >= 15 is 0 Å². The second-order valence-electron chi connectivity index (χ2n) is 5.30. The summed E-state index contributed by atoms with van der Waals surface area (Å²) >= 11 is 0. The Morgan fingerprint density at radius 3 is 2.48 bits per heavy atom. The normalized spacial score (nSPS) is 10.7. The highest BCUT2D eigenvalue weighted by molar-refractivity contribution is 5.84. The van der Waals surface area contributed by atoms with E-state index in [9.17, 15) is 0 Å². The zero-order valence-corrected chi connectivity index (χ0v) is 13.6. The summed E-state index contributed by atoms with van der Waals surface area (Å²) in [5, 5.41) is 2.41. The summed E-state index contributed by atoms with van der Waals surface area (Å²) in [6.45, 7) is 5.21. The molecule has 0 aliphatic heterocycles. The Bertz CT molecular complexity index is 793. The van der Waals surface area contributed by atoms with E-state index in [1.807, 2.05) is 32.2 Å². The minimum Gasteiger partial charge on any atom is -0.490 e. The molecular formula is C20H21NO2. The third-order valence-electron chi connectivity index (χ3n) is 3.74. The molecule has 0 amide bonds. The van der Waals surface area contributed by atoms with Crippen molar-refractivity contribution in [3.05, 3.63) is 66.0 Å². The predicted molar refractivity (Wildman–Crippen MR) is 93.3 cm³/mol. The number of ether oxygens (including phenoxy) is 2. The minimum absolute atomic E-state index is 0.621. The number of aromatic nitrogens is 1. The maximum atomic E-state index is 5.71. The van der Waals surface area contributed by atoms with Gasteiger partial charge < -0.3 is 9.47 Å². The van der Waals surface area contributed by atoms with Gasteiger partial charge in [-0.2, -0.15) is 0 Å². The van der Waals surface area contributed by atoms with Crippen LogP contribution in [0.1, 0.15) is 25.1 Å². The van der Waals surface area contributed by atoms with Crippen molar-refractivity contribution >= 4 is 10.8 Å². The molecule has 2 aromatic carbocycles. The van der Waals surface area contributed by atoms with Crippen LogP contribution in [0.4, 0.5) is 0 Å². The van der Waals surface area contributed by atoms with Gasteiger partial charge in [-0.3, -0.25) is 4.98 Å². The van der Waals surface area contributed by atoms with Crippen LogP contribution in [-0.4, -0.2) is 18.2 Å². The molecule has 23 heavy (non-hydrogen) atoms. The molecule has 0 spiro atoms. The first kappa shape index (κ1) is 15.3. The van der Waals surface area contributed by atoms with Gasteiger partial charge in [0.05, 0.1) is 18.9 Å². The second kappa shape index (κ2) is 7.14. The van der Waals surface area contributed by atoms with E-state index in [0.717, 1.165) is 23.6 Å². The predicted octanol–water partition coefficient (Wildman–Crippen LogP) is 4.62. The summed E-state index contributed by atoms with van der Waals surface area (Å²) in [6.07, 6.45) is 2.64. The van der Waals surface area contributed by atoms with Gasteiger partial charge in [-0.05, 0) is 43.0 Å². The average Bonchev–Trinajstić information content (AvgIpc) is 2.58. The highest BCUT2D eigenvalue weighted by Crippen LogP contribution is 2.30. The average molecular weight is 307 g/mol. The summed E-state index contributed by atoms with van der Waals surface area (Å²) < 4.78 is 11.3. The van der Waals surface area contributed by atoms with Gasteiger partial charge in [0.1, 0.15) is 0 Å². The number of rotatable bonds is 6. The third-order valence-corrected chi connectivity index (χ3v) is 3.74. The smallest absolute Gasteiger partial charge is 0.161 e. The molecule has 0 aliphatic carbocycles. The fourth-order valence-corrected chi connectivity index (χ4v) is 2.72. The van der Waals surface area contributed by atoms with Crippen molar-refractivity contribution in [1.82, 2.24) is 4.98 Å². The summed E-state index contributed by atoms with van der Waals surface area (Å²) in [5.41, 5.74) is 2.25. The SMILES string of the molecule is CCOc1ccc(Cc2nccc3ccccc23)cc1OCC. The van der Waals surface area contributed by atoms with E-state index in [1.165, 1.54) is 16.3 Å². The Balaban J connectivity index is 1.94. The first-order valence-electron chi connectivity index (χ1n) is 8.03. The van der Waals surface area contributed by atoms with Gasteiger partial charge in [-0.15, -0.1) is 0 Å². The Morgan fingerprint density at radius 1 is 0.870 bits per heavy atom. The third kappa shape index (κ3) is 3.45. The lowest BCUT2D eigenvalue weighted by molar-refractivity contribution is 0.287. The first-order chi connectivity index (χ1) is 11.3. The highest BCUT2D eigenvalue weighted by Gasteiger charge is 2.09. The number of hydrogen-bond donors (Lipinski definition) is 0. The first-order valence-corrected chi connectivity index (χ1v) is 8.03. The van der Waals surface area contributed by atoms with E-state index in [-0.39, 0.29) is 0 Å². The van der Waals surface area contributed by atoms with Gasteiger partial charge >= 0.3 is 0 Å². The molecule has 0 bridgehead atoms. The molecule has 3 rings (SSSR count). The van der Waals surface area contributed by atoms with Crippen LogP contribution in [0.3, 0.4) is 0 Å². The van der Waals surface area contributed by atoms with Crippen LogP contribution in [0.25, 0.3) is 10.8 Å². The maximum Gasteiger partial charge on any atom is 0.161 e. The van der Waals surface area contributed by atoms with Crippen molar-refractivity contribution in [2.24, 2.45) is 0 Å². The molecule has 0 saturated heterocycles. The van der Waals surface area contributed by atoms with Crippen LogP contribution in [0, 0.1) is 0 Å². The second-order valence-corrected chi connectivity index (χ2v) is 5.30. The summed E-state index contributed by atoms with van der Waals surface area (Å²) in [5.74, 6) is 1.59. The fourth-order valence-electron chi connectivity index (χ4n) is 2.72. The molecule has 0 fully saturated rings. The van der Waals surface area contributed by atoms with Crippen molar-refractivity contribution in [3.63, 3.8) is 0 Å². The van der Waals surface area contributed by atoms with E-state index in [0.29, 0.717) is 13.2 Å². The van der Waals surface area contributed by atoms with E-state index in [2.05, 4.69) is 41.4 Å². The van der Waals surface area contributed by atoms with E-state index < -0.39 is 0 Å². The largest absolute Gasteiger partial charge is 0.490 e. The van der Waals surface area contributed by atoms with Crippen LogP contribution in [0.5, 0.6) is 11.5 Å². The zero-order chi connectivity index (χ0) is 16.1. The maximum absolute atomic E-state index is 5.71. The molecule has 0 atom stereocenters. The molecule has 1 aromatic heterocycles. The number of hydrogen-bond acceptors (Lipinski definition) is 3. The monoisotopic (exact) mass is 307 g/mol. The molecule has 0 aliphatic rings. The van der Waals surface area contributed by atoms with E-state index in [1.54, 1.807) is 0 Å². The van der Waals surface area contributed by atoms with Crippen LogP contribution in [0.15, 0.2) is 54.7 Å². The standard InChI is InChI=1S/C20H21NO2/c1-3-22-19-10-9-15(14-20(19)23-4-2)13-18-17-8-6-5-7-16(17)11-12-21-18/h5-12,14H,3-4,13H2,1-2H3.